The van der Waals surface area contributed by atoms with Gasteiger partial charge in [-0.15, -0.1) is 0 Å². The van der Waals surface area contributed by atoms with Crippen LogP contribution in [0, 0.1) is 5.41 Å². The summed E-state index contributed by atoms with van der Waals surface area (Å²) in [6.45, 7) is 4.86. The quantitative estimate of drug-likeness (QED) is 0.605. The Hall–Kier alpha value is -2.55. The molecular weight excluding hydrogens is 284 g/mol. The van der Waals surface area contributed by atoms with Crippen LogP contribution in [0.5, 0.6) is 0 Å². The predicted molar refractivity (Wildman–Crippen MR) is 96.8 cm³/mol. The molecule has 118 valence electrons. The molecule has 0 saturated carbocycles. The molecule has 2 aromatic rings. The van der Waals surface area contributed by atoms with E-state index in [4.69, 9.17) is 10.1 Å². The molecule has 0 fully saturated rings. The van der Waals surface area contributed by atoms with Crippen LogP contribution in [-0.2, 0) is 4.74 Å². The van der Waals surface area contributed by atoms with Crippen LogP contribution in [0.2, 0.25) is 0 Å². The zero-order valence-electron chi connectivity index (χ0n) is 13.7. The number of hydrogen-bond donors (Lipinski definition) is 1. The Balaban J connectivity index is 2.12. The molecule has 1 aliphatic heterocycles. The third-order valence-electron chi connectivity index (χ3n) is 4.07. The first-order valence-electron chi connectivity index (χ1n) is 8.01. The van der Waals surface area contributed by atoms with Crippen LogP contribution in [0.3, 0.4) is 0 Å². The lowest BCUT2D eigenvalue weighted by Gasteiger charge is -2.12. The van der Waals surface area contributed by atoms with Gasteiger partial charge in [0.05, 0.1) is 18.4 Å². The summed E-state index contributed by atoms with van der Waals surface area (Å²) in [5.74, 6) is 0.467. The van der Waals surface area contributed by atoms with Gasteiger partial charge >= 0.3 is 0 Å². The van der Waals surface area contributed by atoms with Gasteiger partial charge in [-0.05, 0) is 50.5 Å². The van der Waals surface area contributed by atoms with Crippen LogP contribution >= 0.6 is 0 Å². The van der Waals surface area contributed by atoms with Crippen LogP contribution < -0.4 is 0 Å². The van der Waals surface area contributed by atoms with Crippen LogP contribution in [0.15, 0.2) is 60.5 Å². The maximum Gasteiger partial charge on any atom is 0.128 e. The van der Waals surface area contributed by atoms with Gasteiger partial charge in [0.25, 0.3) is 0 Å². The third kappa shape index (κ3) is 3.14. The van der Waals surface area contributed by atoms with Crippen molar-refractivity contribution in [2.24, 2.45) is 0 Å². The minimum atomic E-state index is 0.467. The minimum absolute atomic E-state index is 0.467. The fourth-order valence-electron chi connectivity index (χ4n) is 2.96. The second-order valence-corrected chi connectivity index (χ2v) is 5.85. The number of nitrogens with one attached hydrogen (secondary N) is 1. The van der Waals surface area contributed by atoms with Crippen molar-refractivity contribution in [3.8, 4) is 0 Å². The van der Waals surface area contributed by atoms with Crippen molar-refractivity contribution in [2.45, 2.75) is 26.7 Å². The van der Waals surface area contributed by atoms with Crippen molar-refractivity contribution in [1.82, 2.24) is 4.57 Å². The first kappa shape index (κ1) is 15.3. The number of rotatable bonds is 2. The molecule has 1 N–H and O–H groups in total. The first-order valence-corrected chi connectivity index (χ1v) is 8.01. The van der Waals surface area contributed by atoms with Gasteiger partial charge in [0, 0.05) is 17.2 Å². The van der Waals surface area contributed by atoms with Gasteiger partial charge in [-0.1, -0.05) is 29.9 Å². The Morgan fingerprint density at radius 2 is 2.17 bits per heavy atom. The SMILES string of the molecule is C/C=C\C(=N)n1ccc2c(C3=C/OCCC\C(C)=C\3)cccc21. The summed E-state index contributed by atoms with van der Waals surface area (Å²) < 4.78 is 7.57. The number of fused-ring (bicyclic) bond motifs is 1. The van der Waals surface area contributed by atoms with Gasteiger partial charge in [0.15, 0.2) is 0 Å². The summed E-state index contributed by atoms with van der Waals surface area (Å²) in [5.41, 5.74) is 4.66. The number of benzene rings is 1. The predicted octanol–water partition coefficient (Wildman–Crippen LogP) is 5.14. The number of nitrogens with zero attached hydrogens (tertiary/aromatic N) is 1. The maximum atomic E-state index is 8.16. The molecule has 0 atom stereocenters. The first-order chi connectivity index (χ1) is 11.2. The molecule has 0 bridgehead atoms. The molecule has 0 amide bonds. The Morgan fingerprint density at radius 1 is 1.30 bits per heavy atom. The molecule has 3 nitrogen and oxygen atoms in total. The lowest BCUT2D eigenvalue weighted by molar-refractivity contribution is 0.245. The topological polar surface area (TPSA) is 38.0 Å². The van der Waals surface area contributed by atoms with Crippen molar-refractivity contribution in [2.75, 3.05) is 6.61 Å². The van der Waals surface area contributed by atoms with E-state index in [0.717, 1.165) is 41.5 Å². The molecule has 0 aliphatic carbocycles. The van der Waals surface area contributed by atoms with E-state index in [9.17, 15) is 0 Å². The lowest BCUT2D eigenvalue weighted by atomic mass is 9.99. The van der Waals surface area contributed by atoms with E-state index in [1.54, 1.807) is 6.08 Å². The second kappa shape index (κ2) is 6.69. The molecule has 1 aromatic heterocycles. The summed E-state index contributed by atoms with van der Waals surface area (Å²) in [7, 11) is 0. The molecular formula is C20H22N2O. The van der Waals surface area contributed by atoms with Crippen LogP contribution in [0.1, 0.15) is 32.3 Å². The van der Waals surface area contributed by atoms with E-state index in [-0.39, 0.29) is 0 Å². The van der Waals surface area contributed by atoms with Crippen LogP contribution in [-0.4, -0.2) is 17.0 Å². The standard InChI is InChI=1S/C20H22N2O/c1-3-6-20(21)22-11-10-18-17(8-4-9-19(18)22)16-13-15(2)7-5-12-23-14-16/h3-4,6,8-11,13-14,21H,5,7,12H2,1-2H3/b6-3-,15-13+,16-14+,21-20?. The highest BCUT2D eigenvalue weighted by atomic mass is 16.5. The van der Waals surface area contributed by atoms with Crippen molar-refractivity contribution in [3.63, 3.8) is 0 Å². The van der Waals surface area contributed by atoms with Gasteiger partial charge in [-0.25, -0.2) is 0 Å². The normalized spacial score (nSPS) is 20.3. The number of aromatic nitrogens is 1. The summed E-state index contributed by atoms with van der Waals surface area (Å²) in [6.07, 6.45) is 11.9. The van der Waals surface area contributed by atoms with Crippen LogP contribution in [0.4, 0.5) is 0 Å². The monoisotopic (exact) mass is 306 g/mol. The molecule has 2 heterocycles. The van der Waals surface area contributed by atoms with E-state index >= 15 is 0 Å². The molecule has 1 aromatic carbocycles. The molecule has 0 spiro atoms. The number of allylic oxidation sites excluding steroid dienone is 5. The van der Waals surface area contributed by atoms with Gasteiger partial charge in [-0.3, -0.25) is 5.41 Å². The van der Waals surface area contributed by atoms with Gasteiger partial charge in [0.1, 0.15) is 5.84 Å². The van der Waals surface area contributed by atoms with Crippen molar-refractivity contribution in [1.29, 1.82) is 5.41 Å². The highest BCUT2D eigenvalue weighted by Gasteiger charge is 2.11. The molecule has 3 heteroatoms. The van der Waals surface area contributed by atoms with E-state index in [1.807, 2.05) is 36.1 Å². The Kier molecular flexibility index (Phi) is 4.47. The van der Waals surface area contributed by atoms with E-state index in [0.29, 0.717) is 5.84 Å². The van der Waals surface area contributed by atoms with Crippen molar-refractivity contribution >= 4 is 22.3 Å². The number of ether oxygens (including phenoxy) is 1. The largest absolute Gasteiger partial charge is 0.501 e. The van der Waals surface area contributed by atoms with Crippen molar-refractivity contribution < 1.29 is 4.74 Å². The molecule has 1 aliphatic rings. The average Bonchev–Trinajstić information content (AvgIpc) is 2.95. The second-order valence-electron chi connectivity index (χ2n) is 5.85. The van der Waals surface area contributed by atoms with E-state index in [2.05, 4.69) is 31.2 Å². The highest BCUT2D eigenvalue weighted by molar-refractivity contribution is 6.03. The third-order valence-corrected chi connectivity index (χ3v) is 4.07. The van der Waals surface area contributed by atoms with Crippen molar-refractivity contribution in [3.05, 3.63) is 66.1 Å². The van der Waals surface area contributed by atoms with E-state index in [1.165, 1.54) is 5.57 Å². The molecule has 0 unspecified atom stereocenters. The van der Waals surface area contributed by atoms with Gasteiger partial charge in [-0.2, -0.15) is 0 Å². The van der Waals surface area contributed by atoms with E-state index < -0.39 is 0 Å². The Labute approximate surface area is 137 Å². The maximum absolute atomic E-state index is 8.16. The molecule has 3 rings (SSSR count). The zero-order valence-corrected chi connectivity index (χ0v) is 13.7. The Morgan fingerprint density at radius 3 is 3.00 bits per heavy atom. The molecule has 0 saturated heterocycles. The fraction of sp³-hybridized carbons (Fsp3) is 0.250. The summed E-state index contributed by atoms with van der Waals surface area (Å²) in [4.78, 5) is 0. The smallest absolute Gasteiger partial charge is 0.128 e. The Bertz CT molecular complexity index is 821. The minimum Gasteiger partial charge on any atom is -0.501 e. The lowest BCUT2D eigenvalue weighted by Crippen LogP contribution is -2.05. The van der Waals surface area contributed by atoms with Crippen LogP contribution in [0.25, 0.3) is 16.5 Å². The average molecular weight is 306 g/mol. The van der Waals surface area contributed by atoms with Gasteiger partial charge < -0.3 is 9.30 Å². The summed E-state index contributed by atoms with van der Waals surface area (Å²) >= 11 is 0. The molecule has 23 heavy (non-hydrogen) atoms. The zero-order chi connectivity index (χ0) is 16.2. The fourth-order valence-corrected chi connectivity index (χ4v) is 2.96. The van der Waals surface area contributed by atoms with Gasteiger partial charge in [0.2, 0.25) is 0 Å². The summed E-state index contributed by atoms with van der Waals surface area (Å²) in [5, 5.41) is 9.30. The number of hydrogen-bond acceptors (Lipinski definition) is 2. The summed E-state index contributed by atoms with van der Waals surface area (Å²) in [6, 6.07) is 8.29. The molecule has 0 radical (unpaired) electrons. The highest BCUT2D eigenvalue weighted by Crippen LogP contribution is 2.29.